The number of carboxylic acids is 1. The summed E-state index contributed by atoms with van der Waals surface area (Å²) in [6.07, 6.45) is 0.447. The van der Waals surface area contributed by atoms with E-state index in [1.807, 2.05) is 0 Å². The lowest BCUT2D eigenvalue weighted by atomic mass is 10.1. The molecule has 0 fully saturated rings. The van der Waals surface area contributed by atoms with Crippen molar-refractivity contribution in [3.05, 3.63) is 5.82 Å². The first kappa shape index (κ1) is 6.26. The molecule has 0 saturated carbocycles. The van der Waals surface area contributed by atoms with Crippen molar-refractivity contribution < 1.29 is 9.90 Å². The number of carboxylic acid groups (broad SMARTS) is 1. The van der Waals surface area contributed by atoms with Crippen molar-refractivity contribution in [3.8, 4) is 0 Å². The van der Waals surface area contributed by atoms with Crippen LogP contribution in [0.2, 0.25) is 0 Å². The second-order valence-corrected chi connectivity index (χ2v) is 2.52. The maximum atomic E-state index is 10.5. The van der Waals surface area contributed by atoms with E-state index in [-0.39, 0.29) is 5.92 Å². The average molecular weight is 154 g/mol. The van der Waals surface area contributed by atoms with Crippen LogP contribution in [0.25, 0.3) is 0 Å². The summed E-state index contributed by atoms with van der Waals surface area (Å²) in [6.45, 7) is 0.400. The second-order valence-electron chi connectivity index (χ2n) is 2.52. The van der Waals surface area contributed by atoms with E-state index in [0.29, 0.717) is 18.8 Å². The van der Waals surface area contributed by atoms with Crippen LogP contribution in [0.5, 0.6) is 0 Å². The molecule has 6 heteroatoms. The molecule has 1 aromatic rings. The van der Waals surface area contributed by atoms with Crippen LogP contribution in [-0.4, -0.2) is 31.3 Å². The predicted octanol–water partition coefficient (Wildman–Crippen LogP) is -1.07. The van der Waals surface area contributed by atoms with Crippen molar-refractivity contribution in [2.75, 3.05) is 0 Å². The monoisotopic (exact) mass is 154 g/mol. The Labute approximate surface area is 61.8 Å². The highest BCUT2D eigenvalue weighted by Gasteiger charge is 2.29. The quantitative estimate of drug-likeness (QED) is 0.557. The highest BCUT2D eigenvalue weighted by molar-refractivity contribution is 5.70. The zero-order valence-corrected chi connectivity index (χ0v) is 5.64. The molecule has 2 rings (SSSR count). The lowest BCUT2D eigenvalue weighted by Gasteiger charge is -1.97. The Morgan fingerprint density at radius 1 is 1.73 bits per heavy atom. The summed E-state index contributed by atoms with van der Waals surface area (Å²) in [4.78, 5) is 10.5. The summed E-state index contributed by atoms with van der Waals surface area (Å²) in [5.74, 6) is -0.497. The number of rotatable bonds is 1. The predicted molar refractivity (Wildman–Crippen MR) is 32.6 cm³/mol. The fourth-order valence-corrected chi connectivity index (χ4v) is 1.17. The highest BCUT2D eigenvalue weighted by atomic mass is 16.4. The van der Waals surface area contributed by atoms with E-state index in [1.54, 1.807) is 0 Å². The van der Waals surface area contributed by atoms with E-state index in [4.69, 9.17) is 5.11 Å². The number of tetrazole rings is 1. The lowest BCUT2D eigenvalue weighted by Crippen LogP contribution is -2.15. The third-order valence-electron chi connectivity index (χ3n) is 1.78. The molecule has 0 aromatic carbocycles. The van der Waals surface area contributed by atoms with Crippen molar-refractivity contribution in [1.82, 2.24) is 20.2 Å². The number of hydrogen-bond donors (Lipinski definition) is 1. The Hall–Kier alpha value is -1.46. The van der Waals surface area contributed by atoms with Gasteiger partial charge in [0, 0.05) is 6.42 Å². The smallest absolute Gasteiger partial charge is 0.308 e. The van der Waals surface area contributed by atoms with E-state index in [9.17, 15) is 4.79 Å². The van der Waals surface area contributed by atoms with Gasteiger partial charge in [0.05, 0.1) is 12.5 Å². The minimum absolute atomic E-state index is 0.368. The van der Waals surface area contributed by atoms with Crippen molar-refractivity contribution in [2.45, 2.75) is 13.0 Å². The largest absolute Gasteiger partial charge is 0.481 e. The molecule has 1 N–H and O–H groups in total. The molecule has 6 nitrogen and oxygen atoms in total. The Morgan fingerprint density at radius 3 is 3.18 bits per heavy atom. The molecule has 0 spiro atoms. The van der Waals surface area contributed by atoms with E-state index < -0.39 is 5.97 Å². The van der Waals surface area contributed by atoms with Crippen LogP contribution >= 0.6 is 0 Å². The van der Waals surface area contributed by atoms with Gasteiger partial charge in [-0.25, -0.2) is 4.68 Å². The summed E-state index contributed by atoms with van der Waals surface area (Å²) in [7, 11) is 0. The molecule has 0 amide bonds. The van der Waals surface area contributed by atoms with Crippen molar-refractivity contribution >= 4 is 5.97 Å². The Balaban J connectivity index is 2.22. The minimum atomic E-state index is -0.794. The molecule has 58 valence electrons. The van der Waals surface area contributed by atoms with E-state index in [0.717, 1.165) is 0 Å². The van der Waals surface area contributed by atoms with Gasteiger partial charge in [-0.2, -0.15) is 0 Å². The van der Waals surface area contributed by atoms with Crippen molar-refractivity contribution in [1.29, 1.82) is 0 Å². The number of nitrogens with zero attached hydrogens (tertiary/aromatic N) is 4. The summed E-state index contributed by atoms with van der Waals surface area (Å²) in [5.41, 5.74) is 0. The second kappa shape index (κ2) is 2.01. The van der Waals surface area contributed by atoms with Crippen LogP contribution in [0, 0.1) is 5.92 Å². The maximum Gasteiger partial charge on any atom is 0.308 e. The molecule has 0 saturated heterocycles. The average Bonchev–Trinajstić information content (AvgIpc) is 2.40. The summed E-state index contributed by atoms with van der Waals surface area (Å²) in [5, 5.41) is 19.3. The number of fused-ring (bicyclic) bond motifs is 1. The van der Waals surface area contributed by atoms with Crippen molar-refractivity contribution in [3.63, 3.8) is 0 Å². The summed E-state index contributed by atoms with van der Waals surface area (Å²) < 4.78 is 1.53. The van der Waals surface area contributed by atoms with Gasteiger partial charge >= 0.3 is 5.97 Å². The fraction of sp³-hybridized carbons (Fsp3) is 0.600. The van der Waals surface area contributed by atoms with Gasteiger partial charge in [-0.3, -0.25) is 4.79 Å². The standard InChI is InChI=1S/C5H6N4O2/c10-5(11)3-1-4-6-7-8-9(4)2-3/h3H,1-2H2,(H,10,11). The SMILES string of the molecule is O=C(O)C1Cc2nnnn2C1. The maximum absolute atomic E-state index is 10.5. The lowest BCUT2D eigenvalue weighted by molar-refractivity contribution is -0.141. The van der Waals surface area contributed by atoms with Gasteiger partial charge in [0.2, 0.25) is 0 Å². The Morgan fingerprint density at radius 2 is 2.55 bits per heavy atom. The van der Waals surface area contributed by atoms with Gasteiger partial charge in [-0.15, -0.1) is 5.10 Å². The van der Waals surface area contributed by atoms with E-state index in [2.05, 4.69) is 15.5 Å². The van der Waals surface area contributed by atoms with Gasteiger partial charge in [0.1, 0.15) is 0 Å². The first-order valence-electron chi connectivity index (χ1n) is 3.25. The molecule has 0 bridgehead atoms. The zero-order valence-electron chi connectivity index (χ0n) is 5.64. The molecule has 0 aliphatic carbocycles. The van der Waals surface area contributed by atoms with Crippen LogP contribution in [0.4, 0.5) is 0 Å². The third-order valence-corrected chi connectivity index (χ3v) is 1.78. The minimum Gasteiger partial charge on any atom is -0.481 e. The third kappa shape index (κ3) is 0.866. The molecule has 11 heavy (non-hydrogen) atoms. The van der Waals surface area contributed by atoms with Crippen LogP contribution in [0.1, 0.15) is 5.82 Å². The van der Waals surface area contributed by atoms with Crippen LogP contribution in [0.3, 0.4) is 0 Å². The van der Waals surface area contributed by atoms with Crippen molar-refractivity contribution in [2.24, 2.45) is 5.92 Å². The summed E-state index contributed by atoms with van der Waals surface area (Å²) in [6, 6.07) is 0. The first-order valence-corrected chi connectivity index (χ1v) is 3.25. The van der Waals surface area contributed by atoms with Crippen LogP contribution < -0.4 is 0 Å². The topological polar surface area (TPSA) is 80.9 Å². The molecule has 1 atom stereocenters. The molecule has 1 unspecified atom stereocenters. The number of aliphatic carboxylic acids is 1. The molecule has 2 heterocycles. The summed E-state index contributed by atoms with van der Waals surface area (Å²) >= 11 is 0. The molecule has 0 radical (unpaired) electrons. The van der Waals surface area contributed by atoms with Gasteiger partial charge in [0.25, 0.3) is 0 Å². The van der Waals surface area contributed by atoms with Gasteiger partial charge in [0.15, 0.2) is 5.82 Å². The molecule has 1 aliphatic rings. The van der Waals surface area contributed by atoms with E-state index in [1.165, 1.54) is 4.68 Å². The van der Waals surface area contributed by atoms with Crippen LogP contribution in [-0.2, 0) is 17.8 Å². The highest BCUT2D eigenvalue weighted by Crippen LogP contribution is 2.15. The van der Waals surface area contributed by atoms with Gasteiger partial charge in [-0.1, -0.05) is 0 Å². The molecular weight excluding hydrogens is 148 g/mol. The first-order chi connectivity index (χ1) is 5.27. The van der Waals surface area contributed by atoms with Crippen LogP contribution in [0.15, 0.2) is 0 Å². The zero-order chi connectivity index (χ0) is 7.84. The number of carbonyl (C=O) groups is 1. The fourth-order valence-electron chi connectivity index (χ4n) is 1.17. The number of hydrogen-bond acceptors (Lipinski definition) is 4. The molecule has 1 aliphatic heterocycles. The Bertz CT molecular complexity index is 274. The normalized spacial score (nSPS) is 21.6. The molecular formula is C5H6N4O2. The van der Waals surface area contributed by atoms with Gasteiger partial charge < -0.3 is 5.11 Å². The Kier molecular flexibility index (Phi) is 1.14. The van der Waals surface area contributed by atoms with Gasteiger partial charge in [-0.05, 0) is 10.4 Å². The molecule has 1 aromatic heterocycles. The van der Waals surface area contributed by atoms with E-state index >= 15 is 0 Å². The number of aromatic nitrogens is 4.